The fourth-order valence-electron chi connectivity index (χ4n) is 1.69. The third kappa shape index (κ3) is 4.84. The number of carbonyl (C=O) groups excluding carboxylic acids is 1. The van der Waals surface area contributed by atoms with Gasteiger partial charge in [-0.3, -0.25) is 15.3 Å². The molecule has 0 heterocycles. The van der Waals surface area contributed by atoms with E-state index in [1.54, 1.807) is 0 Å². The van der Waals surface area contributed by atoms with Gasteiger partial charge in [0, 0.05) is 6.54 Å². The van der Waals surface area contributed by atoms with Crippen LogP contribution in [0.25, 0.3) is 0 Å². The van der Waals surface area contributed by atoms with Crippen LogP contribution < -0.4 is 11.5 Å². The summed E-state index contributed by atoms with van der Waals surface area (Å²) < 4.78 is 0. The number of aliphatic carboxylic acids is 2. The van der Waals surface area contributed by atoms with Gasteiger partial charge in [-0.25, -0.2) is 4.79 Å². The highest BCUT2D eigenvalue weighted by Crippen LogP contribution is 2.16. The van der Waals surface area contributed by atoms with Gasteiger partial charge in [-0.1, -0.05) is 19.8 Å². The van der Waals surface area contributed by atoms with E-state index in [4.69, 9.17) is 21.7 Å². The standard InChI is InChI=1S/C11H21N3O5/c1-2-3-4-5-14(8(15)7-12)11(13,10(18)19)6-9(16)17/h2-7,12-13H2,1H3,(H,16,17)(H,18,19). The van der Waals surface area contributed by atoms with Crippen LogP contribution in [0.3, 0.4) is 0 Å². The molecule has 0 saturated carbocycles. The highest BCUT2D eigenvalue weighted by atomic mass is 16.4. The monoisotopic (exact) mass is 275 g/mol. The number of amides is 1. The minimum absolute atomic E-state index is 0.0694. The van der Waals surface area contributed by atoms with Crippen molar-refractivity contribution in [2.75, 3.05) is 13.1 Å². The highest BCUT2D eigenvalue weighted by molar-refractivity contribution is 5.90. The van der Waals surface area contributed by atoms with Crippen molar-refractivity contribution in [2.45, 2.75) is 38.3 Å². The Morgan fingerprint density at radius 2 is 1.79 bits per heavy atom. The van der Waals surface area contributed by atoms with Crippen LogP contribution in [0.1, 0.15) is 32.6 Å². The predicted octanol–water partition coefficient (Wildman–Crippen LogP) is -0.822. The van der Waals surface area contributed by atoms with Crippen LogP contribution in [-0.4, -0.2) is 51.7 Å². The number of nitrogens with two attached hydrogens (primary N) is 2. The third-order valence-corrected chi connectivity index (χ3v) is 2.73. The van der Waals surface area contributed by atoms with Gasteiger partial charge < -0.3 is 20.8 Å². The summed E-state index contributed by atoms with van der Waals surface area (Å²) in [5, 5.41) is 17.9. The van der Waals surface area contributed by atoms with Crippen molar-refractivity contribution in [1.29, 1.82) is 0 Å². The molecule has 0 spiro atoms. The average Bonchev–Trinajstić information content (AvgIpc) is 2.32. The second-order valence-electron chi connectivity index (χ2n) is 4.26. The predicted molar refractivity (Wildman–Crippen MR) is 67.1 cm³/mol. The van der Waals surface area contributed by atoms with Gasteiger partial charge in [0.05, 0.1) is 13.0 Å². The Kier molecular flexibility index (Phi) is 7.02. The molecule has 0 saturated heterocycles. The summed E-state index contributed by atoms with van der Waals surface area (Å²) in [4.78, 5) is 34.5. The first-order valence-electron chi connectivity index (χ1n) is 6.04. The normalized spacial score (nSPS) is 13.6. The van der Waals surface area contributed by atoms with Crippen molar-refractivity contribution in [3.63, 3.8) is 0 Å². The molecule has 0 bridgehead atoms. The van der Waals surface area contributed by atoms with Crippen LogP contribution in [-0.2, 0) is 14.4 Å². The van der Waals surface area contributed by atoms with Crippen molar-refractivity contribution in [1.82, 2.24) is 4.90 Å². The van der Waals surface area contributed by atoms with Crippen LogP contribution in [0, 0.1) is 0 Å². The molecule has 1 amide bonds. The minimum Gasteiger partial charge on any atom is -0.481 e. The number of carboxylic acids is 2. The first kappa shape index (κ1) is 17.3. The molecule has 8 heteroatoms. The molecule has 0 rings (SSSR count). The molecular weight excluding hydrogens is 254 g/mol. The van der Waals surface area contributed by atoms with Gasteiger partial charge in [-0.15, -0.1) is 0 Å². The fourth-order valence-corrected chi connectivity index (χ4v) is 1.69. The number of hydrogen-bond donors (Lipinski definition) is 4. The molecule has 8 nitrogen and oxygen atoms in total. The molecule has 6 N–H and O–H groups in total. The number of unbranched alkanes of at least 4 members (excludes halogenated alkanes) is 2. The molecular formula is C11H21N3O5. The Hall–Kier alpha value is -1.67. The first-order valence-corrected chi connectivity index (χ1v) is 6.04. The van der Waals surface area contributed by atoms with Crippen molar-refractivity contribution in [2.24, 2.45) is 11.5 Å². The summed E-state index contributed by atoms with van der Waals surface area (Å²) in [5.41, 5.74) is 8.56. The minimum atomic E-state index is -2.27. The van der Waals surface area contributed by atoms with E-state index in [9.17, 15) is 14.4 Å². The maximum Gasteiger partial charge on any atom is 0.345 e. The molecule has 0 radical (unpaired) electrons. The zero-order valence-electron chi connectivity index (χ0n) is 11.0. The molecule has 1 unspecified atom stereocenters. The topological polar surface area (TPSA) is 147 Å². The van der Waals surface area contributed by atoms with E-state index in [2.05, 4.69) is 0 Å². The van der Waals surface area contributed by atoms with E-state index < -0.39 is 36.5 Å². The van der Waals surface area contributed by atoms with Crippen molar-refractivity contribution in [3.05, 3.63) is 0 Å². The lowest BCUT2D eigenvalue weighted by Crippen LogP contribution is -2.65. The van der Waals surface area contributed by atoms with E-state index in [0.717, 1.165) is 17.7 Å². The Morgan fingerprint density at radius 3 is 2.16 bits per heavy atom. The molecule has 19 heavy (non-hydrogen) atoms. The van der Waals surface area contributed by atoms with Crippen molar-refractivity contribution >= 4 is 17.8 Å². The van der Waals surface area contributed by atoms with E-state index in [-0.39, 0.29) is 6.54 Å². The molecule has 0 fully saturated rings. The van der Waals surface area contributed by atoms with Gasteiger partial charge in [0.15, 0.2) is 0 Å². The Morgan fingerprint density at radius 1 is 1.21 bits per heavy atom. The second kappa shape index (κ2) is 7.70. The number of carbonyl (C=O) groups is 3. The van der Waals surface area contributed by atoms with E-state index in [0.29, 0.717) is 6.42 Å². The number of carboxylic acid groups (broad SMARTS) is 2. The number of rotatable bonds is 9. The Balaban J connectivity index is 5.18. The lowest BCUT2D eigenvalue weighted by atomic mass is 10.0. The molecule has 0 aliphatic carbocycles. The SMILES string of the molecule is CCCCCN(C(=O)CN)C(N)(CC(=O)O)C(=O)O. The lowest BCUT2D eigenvalue weighted by molar-refractivity contribution is -0.163. The summed E-state index contributed by atoms with van der Waals surface area (Å²) in [5.74, 6) is -3.63. The summed E-state index contributed by atoms with van der Waals surface area (Å²) in [6.45, 7) is 1.59. The molecule has 0 aromatic rings. The van der Waals surface area contributed by atoms with Gasteiger partial charge in [-0.05, 0) is 6.42 Å². The lowest BCUT2D eigenvalue weighted by Gasteiger charge is -2.36. The van der Waals surface area contributed by atoms with Gasteiger partial charge in [0.25, 0.3) is 0 Å². The molecule has 0 aromatic heterocycles. The zero-order valence-corrected chi connectivity index (χ0v) is 11.0. The summed E-state index contributed by atoms with van der Waals surface area (Å²) >= 11 is 0. The smallest absolute Gasteiger partial charge is 0.345 e. The summed E-state index contributed by atoms with van der Waals surface area (Å²) in [7, 11) is 0. The number of hydrogen-bond acceptors (Lipinski definition) is 5. The van der Waals surface area contributed by atoms with Gasteiger partial charge in [0.2, 0.25) is 11.6 Å². The van der Waals surface area contributed by atoms with Crippen LogP contribution in [0.5, 0.6) is 0 Å². The molecule has 110 valence electrons. The van der Waals surface area contributed by atoms with Gasteiger partial charge in [0.1, 0.15) is 0 Å². The first-order chi connectivity index (χ1) is 8.79. The van der Waals surface area contributed by atoms with Crippen molar-refractivity contribution in [3.8, 4) is 0 Å². The maximum absolute atomic E-state index is 11.7. The summed E-state index contributed by atoms with van der Waals surface area (Å²) in [6, 6.07) is 0. The van der Waals surface area contributed by atoms with Gasteiger partial charge in [-0.2, -0.15) is 0 Å². The second-order valence-corrected chi connectivity index (χ2v) is 4.26. The maximum atomic E-state index is 11.7. The molecule has 1 atom stereocenters. The fraction of sp³-hybridized carbons (Fsp3) is 0.727. The van der Waals surface area contributed by atoms with Crippen LogP contribution in [0.15, 0.2) is 0 Å². The third-order valence-electron chi connectivity index (χ3n) is 2.73. The zero-order chi connectivity index (χ0) is 15.1. The Labute approximate surface area is 111 Å². The highest BCUT2D eigenvalue weighted by Gasteiger charge is 2.44. The summed E-state index contributed by atoms with van der Waals surface area (Å²) in [6.07, 6.45) is 1.31. The van der Waals surface area contributed by atoms with Gasteiger partial charge >= 0.3 is 11.9 Å². The van der Waals surface area contributed by atoms with E-state index in [1.165, 1.54) is 0 Å². The van der Waals surface area contributed by atoms with E-state index in [1.807, 2.05) is 6.92 Å². The molecule has 0 aliphatic heterocycles. The van der Waals surface area contributed by atoms with Crippen molar-refractivity contribution < 1.29 is 24.6 Å². The Bertz CT molecular complexity index is 347. The number of nitrogens with zero attached hydrogens (tertiary/aromatic N) is 1. The average molecular weight is 275 g/mol. The molecule has 0 aromatic carbocycles. The van der Waals surface area contributed by atoms with Crippen LogP contribution >= 0.6 is 0 Å². The largest absolute Gasteiger partial charge is 0.481 e. The van der Waals surface area contributed by atoms with Crippen LogP contribution in [0.2, 0.25) is 0 Å². The molecule has 0 aliphatic rings. The quantitative estimate of drug-likeness (QED) is 0.317. The van der Waals surface area contributed by atoms with Crippen LogP contribution in [0.4, 0.5) is 0 Å². The van der Waals surface area contributed by atoms with E-state index >= 15 is 0 Å².